The number of hydrogen-bond donors (Lipinski definition) is 3. The van der Waals surface area contributed by atoms with Crippen molar-refractivity contribution < 1.29 is 19.4 Å². The van der Waals surface area contributed by atoms with E-state index in [2.05, 4.69) is 19.2 Å². The molecule has 0 radical (unpaired) electrons. The van der Waals surface area contributed by atoms with Gasteiger partial charge >= 0.3 is 0 Å². The largest absolute Gasteiger partial charge is 0.394 e. The van der Waals surface area contributed by atoms with Gasteiger partial charge in [0.2, 0.25) is 0 Å². The summed E-state index contributed by atoms with van der Waals surface area (Å²) in [6, 6.07) is -0.817. The van der Waals surface area contributed by atoms with Crippen molar-refractivity contribution in [1.29, 1.82) is 0 Å². The van der Waals surface area contributed by atoms with Gasteiger partial charge in [0.25, 0.3) is 5.91 Å². The van der Waals surface area contributed by atoms with E-state index in [0.717, 1.165) is 38.5 Å². The fourth-order valence-electron chi connectivity index (χ4n) is 5.50. The molecular formula is C36H70FNO3. The van der Waals surface area contributed by atoms with Gasteiger partial charge in [0.05, 0.1) is 18.8 Å². The first-order valence-corrected chi connectivity index (χ1v) is 18.0. The molecule has 3 atom stereocenters. The summed E-state index contributed by atoms with van der Waals surface area (Å²) in [6.07, 6.45) is 33.6. The number of halogens is 1. The van der Waals surface area contributed by atoms with Gasteiger partial charge in [-0.2, -0.15) is 0 Å². The molecule has 0 saturated heterocycles. The summed E-state index contributed by atoms with van der Waals surface area (Å²) < 4.78 is 14.3. The quantitative estimate of drug-likeness (QED) is 0.0545. The number of aliphatic hydroxyl groups is 2. The number of hydrogen-bond acceptors (Lipinski definition) is 3. The van der Waals surface area contributed by atoms with Crippen LogP contribution in [0.3, 0.4) is 0 Å². The maximum absolute atomic E-state index is 14.3. The van der Waals surface area contributed by atoms with Gasteiger partial charge in [0, 0.05) is 0 Å². The summed E-state index contributed by atoms with van der Waals surface area (Å²) in [5.41, 5.74) is 0. The van der Waals surface area contributed by atoms with Crippen LogP contribution >= 0.6 is 0 Å². The smallest absolute Gasteiger partial charge is 0.258 e. The third-order valence-corrected chi connectivity index (χ3v) is 8.37. The van der Waals surface area contributed by atoms with Gasteiger partial charge in [-0.1, -0.05) is 174 Å². The van der Waals surface area contributed by atoms with Crippen LogP contribution in [0, 0.1) is 0 Å². The van der Waals surface area contributed by atoms with Crippen LogP contribution in [0.15, 0.2) is 12.2 Å². The van der Waals surface area contributed by atoms with Crippen LogP contribution in [0.2, 0.25) is 0 Å². The van der Waals surface area contributed by atoms with Crippen molar-refractivity contribution in [2.75, 3.05) is 6.61 Å². The predicted octanol–water partition coefficient (Wildman–Crippen LogP) is 10.3. The summed E-state index contributed by atoms with van der Waals surface area (Å²) in [4.78, 5) is 12.2. The number of nitrogens with one attached hydrogen (secondary N) is 1. The third kappa shape index (κ3) is 27.6. The summed E-state index contributed by atoms with van der Waals surface area (Å²) in [5.74, 6) is -0.778. The number of allylic oxidation sites excluding steroid dienone is 1. The Hall–Kier alpha value is -0.940. The summed E-state index contributed by atoms with van der Waals surface area (Å²) in [7, 11) is 0. The number of aliphatic hydroxyl groups excluding tert-OH is 2. The average Bonchev–Trinajstić information content (AvgIpc) is 2.98. The van der Waals surface area contributed by atoms with Crippen molar-refractivity contribution in [2.45, 2.75) is 206 Å². The zero-order valence-corrected chi connectivity index (χ0v) is 27.4. The molecule has 0 rings (SSSR count). The highest BCUT2D eigenvalue weighted by Crippen LogP contribution is 2.15. The van der Waals surface area contributed by atoms with Crippen LogP contribution in [0.4, 0.5) is 4.39 Å². The molecule has 0 spiro atoms. The average molecular weight is 584 g/mol. The zero-order valence-electron chi connectivity index (χ0n) is 27.4. The van der Waals surface area contributed by atoms with Crippen molar-refractivity contribution in [3.8, 4) is 0 Å². The lowest BCUT2D eigenvalue weighted by molar-refractivity contribution is -0.126. The SMILES string of the molecule is CCCCCCCCCCCCCC/C=C/[C@@H](F)C(=O)N[C@@H](CO)[C@H](O)CCCCCCCCCCCCCCC. The van der Waals surface area contributed by atoms with E-state index in [1.165, 1.54) is 134 Å². The van der Waals surface area contributed by atoms with Crippen molar-refractivity contribution in [3.05, 3.63) is 12.2 Å². The first-order chi connectivity index (χ1) is 20.1. The van der Waals surface area contributed by atoms with Gasteiger partial charge < -0.3 is 15.5 Å². The number of unbranched alkanes of at least 4 members (excludes halogenated alkanes) is 24. The second-order valence-electron chi connectivity index (χ2n) is 12.4. The van der Waals surface area contributed by atoms with Gasteiger partial charge in [-0.15, -0.1) is 0 Å². The van der Waals surface area contributed by atoms with Gasteiger partial charge in [-0.25, -0.2) is 4.39 Å². The zero-order chi connectivity index (χ0) is 30.2. The van der Waals surface area contributed by atoms with Gasteiger partial charge in [0.1, 0.15) is 0 Å². The molecule has 5 heteroatoms. The molecule has 1 amide bonds. The lowest BCUT2D eigenvalue weighted by atomic mass is 10.0. The molecule has 0 aromatic heterocycles. The van der Waals surface area contributed by atoms with Gasteiger partial charge in [-0.05, 0) is 25.3 Å². The molecule has 0 aliphatic rings. The number of amides is 1. The minimum atomic E-state index is -1.75. The summed E-state index contributed by atoms with van der Waals surface area (Å²) in [6.45, 7) is 4.12. The predicted molar refractivity (Wildman–Crippen MR) is 175 cm³/mol. The molecule has 0 fully saturated rings. The van der Waals surface area contributed by atoms with Crippen LogP contribution in [-0.2, 0) is 4.79 Å². The molecule has 0 bridgehead atoms. The monoisotopic (exact) mass is 584 g/mol. The van der Waals surface area contributed by atoms with E-state index < -0.39 is 24.2 Å². The van der Waals surface area contributed by atoms with E-state index in [1.807, 2.05) is 0 Å². The minimum absolute atomic E-state index is 0.388. The van der Waals surface area contributed by atoms with Gasteiger partial charge in [0.15, 0.2) is 6.17 Å². The van der Waals surface area contributed by atoms with E-state index in [4.69, 9.17) is 0 Å². The summed E-state index contributed by atoms with van der Waals surface area (Å²) in [5, 5.41) is 22.5. The molecule has 0 aromatic rings. The first-order valence-electron chi connectivity index (χ1n) is 18.0. The number of rotatable bonds is 32. The Morgan fingerprint density at radius 1 is 0.634 bits per heavy atom. The van der Waals surface area contributed by atoms with Crippen molar-refractivity contribution >= 4 is 5.91 Å². The summed E-state index contributed by atoms with van der Waals surface area (Å²) >= 11 is 0. The normalized spacial score (nSPS) is 14.0. The highest BCUT2D eigenvalue weighted by Gasteiger charge is 2.23. The van der Waals surface area contributed by atoms with Crippen molar-refractivity contribution in [1.82, 2.24) is 5.32 Å². The number of carbonyl (C=O) groups excluding carboxylic acids is 1. The Balaban J connectivity index is 3.74. The fourth-order valence-corrected chi connectivity index (χ4v) is 5.50. The van der Waals surface area contributed by atoms with Crippen LogP contribution < -0.4 is 5.32 Å². The second-order valence-corrected chi connectivity index (χ2v) is 12.4. The maximum atomic E-state index is 14.3. The molecule has 3 N–H and O–H groups in total. The lowest BCUT2D eigenvalue weighted by Crippen LogP contribution is -2.48. The number of alkyl halides is 1. The standard InChI is InChI=1S/C36H70FNO3/c1-3-5-7-9-11-13-15-17-19-20-22-24-26-28-30-33(37)36(41)38-34(32-39)35(40)31-29-27-25-23-21-18-16-14-12-10-8-6-4-2/h28,30,33-35,39-40H,3-27,29,31-32H2,1-2H3,(H,38,41)/b30-28+/t33-,34+,35-/m1/s1. The minimum Gasteiger partial charge on any atom is -0.394 e. The van der Waals surface area contributed by atoms with Crippen LogP contribution in [0.5, 0.6) is 0 Å². The highest BCUT2D eigenvalue weighted by molar-refractivity contribution is 5.82. The topological polar surface area (TPSA) is 69.6 Å². The molecule has 0 aromatic carbocycles. The fraction of sp³-hybridized carbons (Fsp3) is 0.917. The Morgan fingerprint density at radius 2 is 1.00 bits per heavy atom. The molecule has 0 saturated carbocycles. The molecule has 0 aliphatic carbocycles. The van der Waals surface area contributed by atoms with E-state index in [-0.39, 0.29) is 6.61 Å². The number of carbonyl (C=O) groups is 1. The Morgan fingerprint density at radius 3 is 1.39 bits per heavy atom. The maximum Gasteiger partial charge on any atom is 0.258 e. The van der Waals surface area contributed by atoms with Crippen LogP contribution in [-0.4, -0.2) is 41.0 Å². The van der Waals surface area contributed by atoms with E-state index in [1.54, 1.807) is 6.08 Å². The molecule has 0 aliphatic heterocycles. The van der Waals surface area contributed by atoms with Crippen molar-refractivity contribution in [3.63, 3.8) is 0 Å². The second kappa shape index (κ2) is 32.0. The Labute approximate surface area is 254 Å². The molecule has 4 nitrogen and oxygen atoms in total. The molecular weight excluding hydrogens is 513 g/mol. The van der Waals surface area contributed by atoms with Gasteiger partial charge in [-0.3, -0.25) is 4.79 Å². The van der Waals surface area contributed by atoms with E-state index in [9.17, 15) is 19.4 Å². The third-order valence-electron chi connectivity index (χ3n) is 8.37. The van der Waals surface area contributed by atoms with E-state index in [0.29, 0.717) is 6.42 Å². The van der Waals surface area contributed by atoms with E-state index >= 15 is 0 Å². The Bertz CT molecular complexity index is 571. The first kappa shape index (κ1) is 40.1. The molecule has 41 heavy (non-hydrogen) atoms. The molecule has 0 heterocycles. The van der Waals surface area contributed by atoms with Crippen LogP contribution in [0.25, 0.3) is 0 Å². The highest BCUT2D eigenvalue weighted by atomic mass is 19.1. The van der Waals surface area contributed by atoms with Crippen molar-refractivity contribution in [2.24, 2.45) is 0 Å². The molecule has 0 unspecified atom stereocenters. The molecule has 244 valence electrons. The van der Waals surface area contributed by atoms with Crippen LogP contribution in [0.1, 0.15) is 187 Å². The lowest BCUT2D eigenvalue weighted by Gasteiger charge is -2.22. The Kier molecular flexibility index (Phi) is 31.3.